The molecule has 0 radical (unpaired) electrons. The maximum absolute atomic E-state index is 13.0. The van der Waals surface area contributed by atoms with E-state index in [1.54, 1.807) is 0 Å². The molecule has 0 aromatic heterocycles. The molecule has 0 aliphatic carbocycles. The summed E-state index contributed by atoms with van der Waals surface area (Å²) in [6.07, 6.45) is 92.5. The topological polar surface area (TPSA) is 231 Å². The van der Waals surface area contributed by atoms with Gasteiger partial charge in [-0.3, -0.25) is 32.5 Å². The van der Waals surface area contributed by atoms with Crippen LogP contribution in [0.1, 0.15) is 342 Å². The number of aliphatic hydroxyl groups excluding tert-OH is 2. The van der Waals surface area contributed by atoms with Crippen LogP contribution >= 0.6 is 15.6 Å². The summed E-state index contributed by atoms with van der Waals surface area (Å²) >= 11 is 0. The average Bonchev–Trinajstić information content (AvgIpc) is 0.947. The minimum Gasteiger partial charge on any atom is -0.463 e. The number of aliphatic hydroxyl groups is 2. The Balaban J connectivity index is 4.48. The van der Waals surface area contributed by atoms with E-state index in [1.807, 2.05) is 0 Å². The molecule has 0 fully saturated rings. The fraction of sp³-hybridized carbons (Fsp3) is 0.729. The van der Waals surface area contributed by atoms with E-state index in [-0.39, 0.29) is 19.3 Å². The number of carbonyl (C=O) groups excluding carboxylic acids is 3. The number of carbonyl (C=O) groups is 3. The van der Waals surface area contributed by atoms with Gasteiger partial charge in [0.05, 0.1) is 26.4 Å². The SMILES string of the molecule is CC/C=C\C/C=C\C/C=C\C/C=C\C/C=C\C/C=C\CCCCCCC(=O)OCC(COP(=O)(O)OCC(O)COP(=O)(O)OCC(O)COC(=O)CCCCCCCCCCCCCCCCC/C=C\C/C=C\C/C=C\C/C=C\CCCCC)OC(=O)CCCCCCCCCCCCCCC. The van der Waals surface area contributed by atoms with Crippen molar-refractivity contribution in [3.63, 3.8) is 0 Å². The molecule has 16 nitrogen and oxygen atoms in total. The standard InChI is InChI=1S/C85H148O16P2/c1-4-7-10-13-16-19-22-25-27-29-31-33-35-36-37-38-39-40-41-42-44-46-47-49-51-54-56-59-62-65-68-71-83(88)95-74-80(86)75-97-102(91,92)98-76-81(87)77-99-103(93,94)100-79-82(101-85(90)73-70-67-64-61-58-53-24-21-18-15-12-9-6-3)78-96-84(89)72-69-66-63-60-57-55-52-50-48-45-43-34-32-30-28-26-23-20-17-14-11-8-5-2/h8,11,16-17,19-20,25-28,31-34,36-37,45,48,52,55,80-82,86-87H,4-7,9-10,12-15,18,21-24,29-30,35,38-44,46-47,49-51,53-54,56-79H2,1-3H3,(H,91,92)(H,93,94)/b11-8-,19-16-,20-17-,27-25-,28-26-,33-31-,34-32-,37-36-,48-45-,55-52-. The van der Waals surface area contributed by atoms with Gasteiger partial charge in [-0.05, 0) is 116 Å². The van der Waals surface area contributed by atoms with Crippen molar-refractivity contribution in [1.82, 2.24) is 0 Å². The highest BCUT2D eigenvalue weighted by atomic mass is 31.2. The molecule has 594 valence electrons. The van der Waals surface area contributed by atoms with E-state index >= 15 is 0 Å². The Morgan fingerprint density at radius 1 is 0.282 bits per heavy atom. The van der Waals surface area contributed by atoms with Gasteiger partial charge in [0.2, 0.25) is 0 Å². The molecule has 103 heavy (non-hydrogen) atoms. The minimum absolute atomic E-state index is 0.0998. The van der Waals surface area contributed by atoms with E-state index < -0.39 is 91.5 Å². The summed E-state index contributed by atoms with van der Waals surface area (Å²) in [5.41, 5.74) is 0. The number of ether oxygens (including phenoxy) is 3. The fourth-order valence-corrected chi connectivity index (χ4v) is 12.6. The second-order valence-corrected chi connectivity index (χ2v) is 30.1. The summed E-state index contributed by atoms with van der Waals surface area (Å²) in [6, 6.07) is 0. The Kier molecular flexibility index (Phi) is 74.5. The van der Waals surface area contributed by atoms with E-state index in [1.165, 1.54) is 154 Å². The van der Waals surface area contributed by atoms with E-state index in [4.69, 9.17) is 32.3 Å². The summed E-state index contributed by atoms with van der Waals surface area (Å²) in [5, 5.41) is 20.6. The molecule has 0 aromatic carbocycles. The van der Waals surface area contributed by atoms with Gasteiger partial charge < -0.3 is 34.2 Å². The summed E-state index contributed by atoms with van der Waals surface area (Å²) in [4.78, 5) is 58.6. The molecule has 0 rings (SSSR count). The predicted molar refractivity (Wildman–Crippen MR) is 427 cm³/mol. The third-order valence-corrected chi connectivity index (χ3v) is 19.1. The summed E-state index contributed by atoms with van der Waals surface area (Å²) < 4.78 is 61.1. The Morgan fingerprint density at radius 3 is 0.835 bits per heavy atom. The monoisotopic (exact) mass is 1490 g/mol. The van der Waals surface area contributed by atoms with Gasteiger partial charge in [-0.25, -0.2) is 9.13 Å². The Morgan fingerprint density at radius 2 is 0.515 bits per heavy atom. The van der Waals surface area contributed by atoms with Crippen LogP contribution in [0.4, 0.5) is 0 Å². The molecule has 5 unspecified atom stereocenters. The molecule has 0 aromatic rings. The first kappa shape index (κ1) is 98.9. The Hall–Kier alpha value is -4.05. The zero-order valence-corrected chi connectivity index (χ0v) is 66.7. The lowest BCUT2D eigenvalue weighted by molar-refractivity contribution is -0.161. The van der Waals surface area contributed by atoms with Crippen molar-refractivity contribution >= 4 is 33.6 Å². The third-order valence-electron chi connectivity index (χ3n) is 17.2. The quantitative estimate of drug-likeness (QED) is 0.0146. The first-order chi connectivity index (χ1) is 50.2. The predicted octanol–water partition coefficient (Wildman–Crippen LogP) is 24.1. The zero-order chi connectivity index (χ0) is 75.2. The van der Waals surface area contributed by atoms with Crippen LogP contribution in [0.15, 0.2) is 122 Å². The van der Waals surface area contributed by atoms with Gasteiger partial charge in [0, 0.05) is 19.3 Å². The van der Waals surface area contributed by atoms with E-state index in [0.717, 1.165) is 128 Å². The molecule has 0 saturated heterocycles. The number of hydrogen-bond acceptors (Lipinski definition) is 14. The Labute approximate surface area is 627 Å². The summed E-state index contributed by atoms with van der Waals surface area (Å²) in [5.74, 6) is -1.59. The maximum atomic E-state index is 13.0. The van der Waals surface area contributed by atoms with Crippen LogP contribution in [-0.2, 0) is 55.8 Å². The largest absolute Gasteiger partial charge is 0.472 e. The van der Waals surface area contributed by atoms with Crippen LogP contribution in [0.3, 0.4) is 0 Å². The number of phosphoric ester groups is 2. The summed E-state index contributed by atoms with van der Waals surface area (Å²) in [7, 11) is -9.79. The van der Waals surface area contributed by atoms with Crippen molar-refractivity contribution < 1.29 is 75.8 Å². The number of esters is 3. The number of rotatable bonds is 77. The van der Waals surface area contributed by atoms with Crippen molar-refractivity contribution in [3.05, 3.63) is 122 Å². The summed E-state index contributed by atoms with van der Waals surface area (Å²) in [6.45, 7) is 2.54. The first-order valence-corrected chi connectivity index (χ1v) is 43.8. The van der Waals surface area contributed by atoms with Gasteiger partial charge in [0.15, 0.2) is 6.10 Å². The molecule has 0 saturated carbocycles. The smallest absolute Gasteiger partial charge is 0.463 e. The van der Waals surface area contributed by atoms with Gasteiger partial charge >= 0.3 is 33.6 Å². The van der Waals surface area contributed by atoms with Crippen LogP contribution in [0.5, 0.6) is 0 Å². The second kappa shape index (κ2) is 77.6. The molecular formula is C85H148O16P2. The molecule has 0 aliphatic rings. The second-order valence-electron chi connectivity index (χ2n) is 27.2. The minimum atomic E-state index is -4.93. The third kappa shape index (κ3) is 78.8. The van der Waals surface area contributed by atoms with Crippen molar-refractivity contribution in [1.29, 1.82) is 0 Å². The first-order valence-electron chi connectivity index (χ1n) is 40.8. The van der Waals surface area contributed by atoms with Crippen molar-refractivity contribution in [2.75, 3.05) is 39.6 Å². The highest BCUT2D eigenvalue weighted by Gasteiger charge is 2.29. The lowest BCUT2D eigenvalue weighted by atomic mass is 10.0. The lowest BCUT2D eigenvalue weighted by Gasteiger charge is -2.21. The normalized spacial score (nSPS) is 14.6. The molecule has 0 aliphatic heterocycles. The van der Waals surface area contributed by atoms with Gasteiger partial charge in [-0.1, -0.05) is 328 Å². The van der Waals surface area contributed by atoms with E-state index in [0.29, 0.717) is 19.3 Å². The molecule has 0 bridgehead atoms. The van der Waals surface area contributed by atoms with Crippen LogP contribution in [0, 0.1) is 0 Å². The Bertz CT molecular complexity index is 2360. The van der Waals surface area contributed by atoms with Gasteiger partial charge in [0.25, 0.3) is 0 Å². The van der Waals surface area contributed by atoms with Crippen LogP contribution in [0.2, 0.25) is 0 Å². The van der Waals surface area contributed by atoms with Crippen LogP contribution in [0.25, 0.3) is 0 Å². The number of phosphoric acid groups is 2. The van der Waals surface area contributed by atoms with E-state index in [2.05, 4.69) is 142 Å². The zero-order valence-electron chi connectivity index (χ0n) is 65.0. The molecule has 0 amide bonds. The van der Waals surface area contributed by atoms with E-state index in [9.17, 15) is 43.5 Å². The maximum Gasteiger partial charge on any atom is 0.472 e. The number of unbranched alkanes of at least 4 members (excludes halogenated alkanes) is 34. The molecule has 5 atom stereocenters. The number of hydrogen-bond donors (Lipinski definition) is 4. The average molecular weight is 1490 g/mol. The molecular weight excluding hydrogens is 1340 g/mol. The molecule has 4 N–H and O–H groups in total. The van der Waals surface area contributed by atoms with Gasteiger partial charge in [-0.15, -0.1) is 0 Å². The highest BCUT2D eigenvalue weighted by Crippen LogP contribution is 2.45. The van der Waals surface area contributed by atoms with Gasteiger partial charge in [0.1, 0.15) is 25.4 Å². The van der Waals surface area contributed by atoms with Gasteiger partial charge in [-0.2, -0.15) is 0 Å². The lowest BCUT2D eigenvalue weighted by Crippen LogP contribution is -2.30. The van der Waals surface area contributed by atoms with Crippen molar-refractivity contribution in [3.8, 4) is 0 Å². The van der Waals surface area contributed by atoms with Crippen molar-refractivity contribution in [2.45, 2.75) is 360 Å². The fourth-order valence-electron chi connectivity index (χ4n) is 11.0. The molecule has 18 heteroatoms. The number of allylic oxidation sites excluding steroid dienone is 20. The van der Waals surface area contributed by atoms with Crippen LogP contribution in [-0.4, -0.2) is 95.9 Å². The highest BCUT2D eigenvalue weighted by molar-refractivity contribution is 7.47. The van der Waals surface area contributed by atoms with Crippen LogP contribution < -0.4 is 0 Å². The van der Waals surface area contributed by atoms with Crippen molar-refractivity contribution in [2.24, 2.45) is 0 Å². The molecule has 0 spiro atoms. The molecule has 0 heterocycles.